The standard InChI is InChI=1S/C18H19Cl2N3O3/c1-11-15(17(24)22-8-6-12(7-9-22)18(25)26)16(20)23(21-11)10-13-4-2-3-5-14(13)19/h2-5,12H,6-10H2,1H3,(H,25,26). The van der Waals surface area contributed by atoms with Crippen molar-refractivity contribution in [2.24, 2.45) is 5.92 Å². The molecule has 0 atom stereocenters. The van der Waals surface area contributed by atoms with Gasteiger partial charge in [0.15, 0.2) is 0 Å². The van der Waals surface area contributed by atoms with E-state index in [-0.39, 0.29) is 11.1 Å². The highest BCUT2D eigenvalue weighted by atomic mass is 35.5. The Morgan fingerprint density at radius 1 is 1.23 bits per heavy atom. The second-order valence-electron chi connectivity index (χ2n) is 6.40. The second-order valence-corrected chi connectivity index (χ2v) is 7.17. The van der Waals surface area contributed by atoms with Crippen molar-refractivity contribution in [3.63, 3.8) is 0 Å². The summed E-state index contributed by atoms with van der Waals surface area (Å²) in [7, 11) is 0. The fraction of sp³-hybridized carbons (Fsp3) is 0.389. The van der Waals surface area contributed by atoms with Gasteiger partial charge in [-0.1, -0.05) is 41.4 Å². The van der Waals surface area contributed by atoms with E-state index < -0.39 is 11.9 Å². The lowest BCUT2D eigenvalue weighted by molar-refractivity contribution is -0.143. The summed E-state index contributed by atoms with van der Waals surface area (Å²) in [6.45, 7) is 2.92. The molecular formula is C18H19Cl2N3O3. The van der Waals surface area contributed by atoms with Crippen LogP contribution in [0.25, 0.3) is 0 Å². The molecule has 2 heterocycles. The molecule has 1 aromatic heterocycles. The molecule has 0 radical (unpaired) electrons. The summed E-state index contributed by atoms with van der Waals surface area (Å²) >= 11 is 12.6. The third-order valence-corrected chi connectivity index (χ3v) is 5.44. The summed E-state index contributed by atoms with van der Waals surface area (Å²) in [6.07, 6.45) is 0.900. The minimum absolute atomic E-state index is 0.207. The molecule has 26 heavy (non-hydrogen) atoms. The van der Waals surface area contributed by atoms with Gasteiger partial charge in [-0.05, 0) is 31.4 Å². The molecule has 6 nitrogen and oxygen atoms in total. The van der Waals surface area contributed by atoms with Gasteiger partial charge < -0.3 is 10.0 Å². The minimum Gasteiger partial charge on any atom is -0.481 e. The highest BCUT2D eigenvalue weighted by Crippen LogP contribution is 2.26. The van der Waals surface area contributed by atoms with Crippen LogP contribution in [-0.2, 0) is 11.3 Å². The molecule has 0 saturated carbocycles. The molecule has 2 aromatic rings. The number of hydrogen-bond acceptors (Lipinski definition) is 3. The molecule has 1 aromatic carbocycles. The summed E-state index contributed by atoms with van der Waals surface area (Å²) in [5.41, 5.74) is 1.78. The molecular weight excluding hydrogens is 377 g/mol. The number of halogens is 2. The van der Waals surface area contributed by atoms with Crippen LogP contribution in [0, 0.1) is 12.8 Å². The third-order valence-electron chi connectivity index (χ3n) is 4.69. The zero-order valence-corrected chi connectivity index (χ0v) is 15.8. The maximum Gasteiger partial charge on any atom is 0.306 e. The van der Waals surface area contributed by atoms with Crippen LogP contribution in [0.15, 0.2) is 24.3 Å². The van der Waals surface area contributed by atoms with Crippen LogP contribution in [0.3, 0.4) is 0 Å². The number of nitrogens with zero attached hydrogens (tertiary/aromatic N) is 3. The van der Waals surface area contributed by atoms with E-state index >= 15 is 0 Å². The van der Waals surface area contributed by atoms with Gasteiger partial charge in [0.05, 0.1) is 23.7 Å². The molecule has 1 aliphatic rings. The predicted molar refractivity (Wildman–Crippen MR) is 98.8 cm³/mol. The normalized spacial score (nSPS) is 15.3. The summed E-state index contributed by atoms with van der Waals surface area (Å²) in [5.74, 6) is -1.40. The Labute approximate surface area is 161 Å². The third kappa shape index (κ3) is 3.71. The molecule has 0 aliphatic carbocycles. The van der Waals surface area contributed by atoms with Crippen LogP contribution in [-0.4, -0.2) is 44.8 Å². The summed E-state index contributed by atoms with van der Waals surface area (Å²) < 4.78 is 1.56. The first kappa shape index (κ1) is 18.7. The van der Waals surface area contributed by atoms with E-state index in [1.807, 2.05) is 18.2 Å². The van der Waals surface area contributed by atoms with Crippen LogP contribution >= 0.6 is 23.2 Å². The van der Waals surface area contributed by atoms with Crippen molar-refractivity contribution in [2.75, 3.05) is 13.1 Å². The molecule has 1 N–H and O–H groups in total. The van der Waals surface area contributed by atoms with Crippen LogP contribution in [0.2, 0.25) is 10.2 Å². The number of rotatable bonds is 4. The van der Waals surface area contributed by atoms with Gasteiger partial charge in [-0.3, -0.25) is 9.59 Å². The molecule has 0 spiro atoms. The second kappa shape index (κ2) is 7.68. The molecule has 3 rings (SSSR count). The SMILES string of the molecule is Cc1nn(Cc2ccccc2Cl)c(Cl)c1C(=O)N1CCC(C(=O)O)CC1. The average Bonchev–Trinajstić information content (AvgIpc) is 2.90. The number of carboxylic acid groups (broad SMARTS) is 1. The number of aromatic nitrogens is 2. The summed E-state index contributed by atoms with van der Waals surface area (Å²) in [6, 6.07) is 7.40. The fourth-order valence-electron chi connectivity index (χ4n) is 3.18. The van der Waals surface area contributed by atoms with Gasteiger partial charge in [-0.2, -0.15) is 5.10 Å². The number of aryl methyl sites for hydroxylation is 1. The Morgan fingerprint density at radius 3 is 2.50 bits per heavy atom. The van der Waals surface area contributed by atoms with Crippen molar-refractivity contribution in [2.45, 2.75) is 26.3 Å². The van der Waals surface area contributed by atoms with Gasteiger partial charge in [0, 0.05) is 18.1 Å². The van der Waals surface area contributed by atoms with Gasteiger partial charge in [-0.15, -0.1) is 0 Å². The number of piperidine rings is 1. The summed E-state index contributed by atoms with van der Waals surface area (Å²) in [5, 5.41) is 14.4. The molecule has 1 saturated heterocycles. The quantitative estimate of drug-likeness (QED) is 0.859. The van der Waals surface area contributed by atoms with Crippen LogP contribution in [0.5, 0.6) is 0 Å². The Hall–Kier alpha value is -2.05. The number of carbonyl (C=O) groups excluding carboxylic acids is 1. The van der Waals surface area contributed by atoms with Gasteiger partial charge in [-0.25, -0.2) is 4.68 Å². The smallest absolute Gasteiger partial charge is 0.306 e. The number of aliphatic carboxylic acids is 1. The van der Waals surface area contributed by atoms with E-state index in [0.29, 0.717) is 48.8 Å². The molecule has 0 unspecified atom stereocenters. The van der Waals surface area contributed by atoms with Crippen molar-refractivity contribution in [1.82, 2.24) is 14.7 Å². The maximum atomic E-state index is 12.9. The van der Waals surface area contributed by atoms with Crippen molar-refractivity contribution >= 4 is 35.1 Å². The van der Waals surface area contributed by atoms with Gasteiger partial charge >= 0.3 is 5.97 Å². The first-order valence-corrected chi connectivity index (χ1v) is 9.12. The molecule has 138 valence electrons. The van der Waals surface area contributed by atoms with E-state index in [2.05, 4.69) is 5.10 Å². The largest absolute Gasteiger partial charge is 0.481 e. The van der Waals surface area contributed by atoms with Crippen LogP contribution < -0.4 is 0 Å². The number of carbonyl (C=O) groups is 2. The first-order chi connectivity index (χ1) is 12.4. The van der Waals surface area contributed by atoms with Crippen molar-refractivity contribution in [1.29, 1.82) is 0 Å². The lowest BCUT2D eigenvalue weighted by Crippen LogP contribution is -2.40. The average molecular weight is 396 g/mol. The van der Waals surface area contributed by atoms with Crippen molar-refractivity contribution in [3.8, 4) is 0 Å². The monoisotopic (exact) mass is 395 g/mol. The zero-order chi connectivity index (χ0) is 18.8. The van der Waals surface area contributed by atoms with E-state index in [0.717, 1.165) is 5.56 Å². The number of likely N-dealkylation sites (tertiary alicyclic amines) is 1. The maximum absolute atomic E-state index is 12.9. The Kier molecular flexibility index (Phi) is 5.53. The Bertz CT molecular complexity index is 842. The molecule has 1 fully saturated rings. The molecule has 1 aliphatic heterocycles. The van der Waals surface area contributed by atoms with Gasteiger partial charge in [0.2, 0.25) is 0 Å². The fourth-order valence-corrected chi connectivity index (χ4v) is 3.69. The molecule has 1 amide bonds. The zero-order valence-electron chi connectivity index (χ0n) is 14.3. The van der Waals surface area contributed by atoms with Crippen LogP contribution in [0.4, 0.5) is 0 Å². The van der Waals surface area contributed by atoms with Crippen molar-refractivity contribution < 1.29 is 14.7 Å². The predicted octanol–water partition coefficient (Wildman–Crippen LogP) is 3.48. The first-order valence-electron chi connectivity index (χ1n) is 8.37. The van der Waals surface area contributed by atoms with Crippen LogP contribution in [0.1, 0.15) is 34.5 Å². The lowest BCUT2D eigenvalue weighted by Gasteiger charge is -2.30. The van der Waals surface area contributed by atoms with E-state index in [4.69, 9.17) is 28.3 Å². The Morgan fingerprint density at radius 2 is 1.88 bits per heavy atom. The van der Waals surface area contributed by atoms with E-state index in [1.54, 1.807) is 22.6 Å². The number of amides is 1. The van der Waals surface area contributed by atoms with E-state index in [9.17, 15) is 9.59 Å². The number of carboxylic acids is 1. The number of benzene rings is 1. The minimum atomic E-state index is -0.807. The Balaban J connectivity index is 1.79. The summed E-state index contributed by atoms with van der Waals surface area (Å²) in [4.78, 5) is 25.6. The lowest BCUT2D eigenvalue weighted by atomic mass is 9.96. The van der Waals surface area contributed by atoms with Gasteiger partial charge in [0.1, 0.15) is 5.15 Å². The molecule has 0 bridgehead atoms. The number of hydrogen-bond donors (Lipinski definition) is 1. The topological polar surface area (TPSA) is 75.4 Å². The van der Waals surface area contributed by atoms with Gasteiger partial charge in [0.25, 0.3) is 5.91 Å². The molecule has 8 heteroatoms. The van der Waals surface area contributed by atoms with E-state index in [1.165, 1.54) is 0 Å². The van der Waals surface area contributed by atoms with Crippen molar-refractivity contribution in [3.05, 3.63) is 51.3 Å². The highest BCUT2D eigenvalue weighted by molar-refractivity contribution is 6.33. The highest BCUT2D eigenvalue weighted by Gasteiger charge is 2.30.